The molecular weight excluding hydrogens is 330 g/mol. The normalized spacial score (nSPS) is 13.1. The van der Waals surface area contributed by atoms with Crippen LogP contribution in [0.1, 0.15) is 29.7 Å². The van der Waals surface area contributed by atoms with E-state index >= 15 is 0 Å². The van der Waals surface area contributed by atoms with E-state index in [1.54, 1.807) is 0 Å². The molecule has 0 aliphatic carbocycles. The maximum absolute atomic E-state index is 8.71. The largest absolute Gasteiger partial charge is 0.409 e. The van der Waals surface area contributed by atoms with E-state index in [0.717, 1.165) is 10.0 Å². The van der Waals surface area contributed by atoms with E-state index in [1.165, 1.54) is 5.56 Å². The first kappa shape index (κ1) is 15.5. The van der Waals surface area contributed by atoms with Gasteiger partial charge in [-0.2, -0.15) is 0 Å². The molecule has 4 N–H and O–H groups in total. The Morgan fingerprint density at radius 1 is 1.29 bits per heavy atom. The standard InChI is InChI=1S/C16H18BrN3O/c1-11(13-5-7-15(17)8-6-13)19-10-12-3-2-4-14(9-12)16(18)20-21/h2-9,11,19,21H,10H2,1H3,(H2,18,20). The van der Waals surface area contributed by atoms with E-state index in [2.05, 4.69) is 45.5 Å². The summed E-state index contributed by atoms with van der Waals surface area (Å²) in [6.45, 7) is 2.83. The van der Waals surface area contributed by atoms with Gasteiger partial charge in [0.2, 0.25) is 0 Å². The Kier molecular flexibility index (Phi) is 5.36. The molecule has 2 aromatic carbocycles. The molecule has 0 aliphatic rings. The quantitative estimate of drug-likeness (QED) is 0.336. The summed E-state index contributed by atoms with van der Waals surface area (Å²) in [5.41, 5.74) is 8.63. The highest BCUT2D eigenvalue weighted by molar-refractivity contribution is 9.10. The zero-order chi connectivity index (χ0) is 15.2. The van der Waals surface area contributed by atoms with Crippen LogP contribution in [0.2, 0.25) is 0 Å². The number of nitrogens with one attached hydrogen (secondary N) is 1. The number of oxime groups is 1. The molecule has 2 rings (SSSR count). The average Bonchev–Trinajstić information content (AvgIpc) is 2.52. The zero-order valence-electron chi connectivity index (χ0n) is 11.8. The highest BCUT2D eigenvalue weighted by atomic mass is 79.9. The first-order chi connectivity index (χ1) is 10.1. The molecule has 0 aliphatic heterocycles. The topological polar surface area (TPSA) is 70.6 Å². The van der Waals surface area contributed by atoms with Crippen molar-refractivity contribution in [2.24, 2.45) is 10.9 Å². The number of nitrogens with zero attached hydrogens (tertiary/aromatic N) is 1. The van der Waals surface area contributed by atoms with Crippen molar-refractivity contribution in [2.45, 2.75) is 19.5 Å². The number of nitrogens with two attached hydrogens (primary N) is 1. The molecule has 0 fully saturated rings. The van der Waals surface area contributed by atoms with Crippen molar-refractivity contribution in [2.75, 3.05) is 0 Å². The second kappa shape index (κ2) is 7.24. The van der Waals surface area contributed by atoms with Gasteiger partial charge in [-0.25, -0.2) is 0 Å². The molecule has 0 saturated carbocycles. The van der Waals surface area contributed by atoms with E-state index in [-0.39, 0.29) is 11.9 Å². The van der Waals surface area contributed by atoms with E-state index in [9.17, 15) is 0 Å². The summed E-state index contributed by atoms with van der Waals surface area (Å²) in [6.07, 6.45) is 0. The van der Waals surface area contributed by atoms with Crippen LogP contribution in [0.25, 0.3) is 0 Å². The van der Waals surface area contributed by atoms with Gasteiger partial charge < -0.3 is 16.3 Å². The molecule has 0 amide bonds. The molecule has 4 nitrogen and oxygen atoms in total. The van der Waals surface area contributed by atoms with Gasteiger partial charge in [-0.1, -0.05) is 51.4 Å². The van der Waals surface area contributed by atoms with Crippen molar-refractivity contribution in [3.8, 4) is 0 Å². The minimum Gasteiger partial charge on any atom is -0.409 e. The third kappa shape index (κ3) is 4.31. The first-order valence-corrected chi connectivity index (χ1v) is 7.45. The summed E-state index contributed by atoms with van der Waals surface area (Å²) in [7, 11) is 0. The molecule has 1 atom stereocenters. The van der Waals surface area contributed by atoms with E-state index < -0.39 is 0 Å². The van der Waals surface area contributed by atoms with Crippen molar-refractivity contribution < 1.29 is 5.21 Å². The van der Waals surface area contributed by atoms with Gasteiger partial charge in [-0.3, -0.25) is 0 Å². The Bertz CT molecular complexity index is 626. The molecule has 0 bridgehead atoms. The molecule has 21 heavy (non-hydrogen) atoms. The highest BCUT2D eigenvalue weighted by Gasteiger charge is 2.06. The van der Waals surface area contributed by atoms with Gasteiger partial charge in [-0.05, 0) is 36.2 Å². The van der Waals surface area contributed by atoms with Gasteiger partial charge in [0.1, 0.15) is 0 Å². The van der Waals surface area contributed by atoms with Crippen molar-refractivity contribution in [3.05, 3.63) is 69.7 Å². The van der Waals surface area contributed by atoms with Crippen molar-refractivity contribution >= 4 is 21.8 Å². The maximum atomic E-state index is 8.71. The lowest BCUT2D eigenvalue weighted by Crippen LogP contribution is -2.19. The van der Waals surface area contributed by atoms with E-state index in [0.29, 0.717) is 12.1 Å². The van der Waals surface area contributed by atoms with Crippen LogP contribution in [0, 0.1) is 0 Å². The molecule has 110 valence electrons. The van der Waals surface area contributed by atoms with Crippen LogP contribution in [0.4, 0.5) is 0 Å². The number of hydrogen-bond donors (Lipinski definition) is 3. The molecule has 0 heterocycles. The molecule has 0 radical (unpaired) electrons. The number of benzene rings is 2. The summed E-state index contributed by atoms with van der Waals surface area (Å²) in [5.74, 6) is 0.123. The van der Waals surface area contributed by atoms with Crippen molar-refractivity contribution in [1.29, 1.82) is 0 Å². The van der Waals surface area contributed by atoms with Gasteiger partial charge >= 0.3 is 0 Å². The summed E-state index contributed by atoms with van der Waals surface area (Å²) in [5, 5.41) is 15.2. The van der Waals surface area contributed by atoms with Crippen LogP contribution in [0.15, 0.2) is 58.2 Å². The molecule has 2 aromatic rings. The van der Waals surface area contributed by atoms with Crippen molar-refractivity contribution in [1.82, 2.24) is 5.32 Å². The number of amidine groups is 1. The summed E-state index contributed by atoms with van der Waals surface area (Å²) < 4.78 is 1.07. The van der Waals surface area contributed by atoms with Crippen LogP contribution in [0.5, 0.6) is 0 Å². The Hall–Kier alpha value is -1.85. The lowest BCUT2D eigenvalue weighted by molar-refractivity contribution is 0.318. The predicted molar refractivity (Wildman–Crippen MR) is 88.3 cm³/mol. The van der Waals surface area contributed by atoms with Crippen LogP contribution in [-0.2, 0) is 6.54 Å². The van der Waals surface area contributed by atoms with Crippen molar-refractivity contribution in [3.63, 3.8) is 0 Å². The van der Waals surface area contributed by atoms with Gasteiger partial charge in [0.15, 0.2) is 5.84 Å². The minimum absolute atomic E-state index is 0.123. The highest BCUT2D eigenvalue weighted by Crippen LogP contribution is 2.17. The van der Waals surface area contributed by atoms with Gasteiger partial charge in [-0.15, -0.1) is 0 Å². The fraction of sp³-hybridized carbons (Fsp3) is 0.188. The third-order valence-electron chi connectivity index (χ3n) is 3.31. The number of hydrogen-bond acceptors (Lipinski definition) is 3. The van der Waals surface area contributed by atoms with Crippen LogP contribution < -0.4 is 11.1 Å². The number of rotatable bonds is 5. The fourth-order valence-electron chi connectivity index (χ4n) is 2.04. The first-order valence-electron chi connectivity index (χ1n) is 6.66. The smallest absolute Gasteiger partial charge is 0.170 e. The zero-order valence-corrected chi connectivity index (χ0v) is 13.3. The second-order valence-corrected chi connectivity index (χ2v) is 5.76. The lowest BCUT2D eigenvalue weighted by atomic mass is 10.1. The SMILES string of the molecule is CC(NCc1cccc(C(N)=NO)c1)c1ccc(Br)cc1. The van der Waals surface area contributed by atoms with Gasteiger partial charge in [0.05, 0.1) is 0 Å². The average molecular weight is 348 g/mol. The number of halogens is 1. The Balaban J connectivity index is 2.01. The Labute approximate surface area is 132 Å². The summed E-state index contributed by atoms with van der Waals surface area (Å²) in [4.78, 5) is 0. The molecule has 0 aromatic heterocycles. The lowest BCUT2D eigenvalue weighted by Gasteiger charge is -2.15. The Morgan fingerprint density at radius 2 is 2.00 bits per heavy atom. The monoisotopic (exact) mass is 347 g/mol. The summed E-state index contributed by atoms with van der Waals surface area (Å²) >= 11 is 3.43. The predicted octanol–water partition coefficient (Wildman–Crippen LogP) is 3.39. The molecular formula is C16H18BrN3O. The van der Waals surface area contributed by atoms with E-state index in [4.69, 9.17) is 10.9 Å². The summed E-state index contributed by atoms with van der Waals surface area (Å²) in [6, 6.07) is 16.1. The molecule has 0 saturated heterocycles. The van der Waals surface area contributed by atoms with Crippen LogP contribution in [-0.4, -0.2) is 11.0 Å². The van der Waals surface area contributed by atoms with Gasteiger partial charge in [0, 0.05) is 22.6 Å². The molecule has 0 spiro atoms. The Morgan fingerprint density at radius 3 is 2.67 bits per heavy atom. The van der Waals surface area contributed by atoms with Crippen LogP contribution in [0.3, 0.4) is 0 Å². The van der Waals surface area contributed by atoms with Gasteiger partial charge in [0.25, 0.3) is 0 Å². The van der Waals surface area contributed by atoms with E-state index in [1.807, 2.05) is 36.4 Å². The molecule has 5 heteroatoms. The minimum atomic E-state index is 0.123. The molecule has 1 unspecified atom stereocenters. The third-order valence-corrected chi connectivity index (χ3v) is 3.84. The second-order valence-electron chi connectivity index (χ2n) is 4.84. The fourth-order valence-corrected chi connectivity index (χ4v) is 2.30. The van der Waals surface area contributed by atoms with Crippen LogP contribution >= 0.6 is 15.9 Å². The maximum Gasteiger partial charge on any atom is 0.170 e.